The lowest BCUT2D eigenvalue weighted by molar-refractivity contribution is 0.321. The number of ether oxygens (including phenoxy) is 1. The molecule has 0 saturated carbocycles. The molecule has 3 nitrogen and oxygen atoms in total. The van der Waals surface area contributed by atoms with Gasteiger partial charge in [0.2, 0.25) is 0 Å². The Morgan fingerprint density at radius 2 is 2.25 bits per heavy atom. The standard InChI is InChI=1S/C15H18N2OS2/c1-10(2)11-4-3-5-12(8-11)18-7-6-14-17-13(9-20-14)15(16)19/h3-5,8-10H,6-7H2,1-2H3,(H2,16,19). The Kier molecular flexibility index (Phi) is 5.09. The van der Waals surface area contributed by atoms with Crippen molar-refractivity contribution in [3.8, 4) is 5.75 Å². The predicted octanol–water partition coefficient (Wildman–Crippen LogP) is 3.52. The highest BCUT2D eigenvalue weighted by molar-refractivity contribution is 7.80. The Balaban J connectivity index is 1.89. The third-order valence-corrected chi connectivity index (χ3v) is 4.03. The molecule has 1 aromatic heterocycles. The minimum atomic E-state index is 0.345. The molecule has 0 fully saturated rings. The summed E-state index contributed by atoms with van der Waals surface area (Å²) in [6, 6.07) is 8.22. The van der Waals surface area contributed by atoms with Crippen molar-refractivity contribution in [2.75, 3.05) is 6.61 Å². The predicted molar refractivity (Wildman–Crippen MR) is 87.7 cm³/mol. The van der Waals surface area contributed by atoms with Crippen molar-refractivity contribution in [2.24, 2.45) is 5.73 Å². The zero-order chi connectivity index (χ0) is 14.5. The number of hydrogen-bond donors (Lipinski definition) is 1. The minimum absolute atomic E-state index is 0.345. The number of rotatable bonds is 6. The molecule has 0 bridgehead atoms. The van der Waals surface area contributed by atoms with E-state index in [0.29, 0.717) is 23.2 Å². The van der Waals surface area contributed by atoms with Gasteiger partial charge >= 0.3 is 0 Å². The summed E-state index contributed by atoms with van der Waals surface area (Å²) < 4.78 is 5.77. The first kappa shape index (κ1) is 14.9. The normalized spacial score (nSPS) is 10.8. The van der Waals surface area contributed by atoms with Crippen molar-refractivity contribution in [1.82, 2.24) is 4.98 Å². The van der Waals surface area contributed by atoms with Crippen LogP contribution in [0.4, 0.5) is 0 Å². The van der Waals surface area contributed by atoms with E-state index in [0.717, 1.165) is 17.2 Å². The molecule has 5 heteroatoms. The van der Waals surface area contributed by atoms with Gasteiger partial charge < -0.3 is 10.5 Å². The summed E-state index contributed by atoms with van der Waals surface area (Å²) in [5.41, 5.74) is 7.52. The summed E-state index contributed by atoms with van der Waals surface area (Å²) >= 11 is 6.46. The second kappa shape index (κ2) is 6.81. The number of hydrogen-bond acceptors (Lipinski definition) is 4. The van der Waals surface area contributed by atoms with Gasteiger partial charge in [-0.15, -0.1) is 11.3 Å². The van der Waals surface area contributed by atoms with E-state index >= 15 is 0 Å². The number of nitrogens with two attached hydrogens (primary N) is 1. The van der Waals surface area contributed by atoms with Crippen LogP contribution in [-0.4, -0.2) is 16.6 Å². The Morgan fingerprint density at radius 3 is 2.90 bits per heavy atom. The molecule has 106 valence electrons. The molecule has 0 aliphatic rings. The molecule has 0 radical (unpaired) electrons. The molecular formula is C15H18N2OS2. The van der Waals surface area contributed by atoms with Crippen LogP contribution >= 0.6 is 23.6 Å². The SMILES string of the molecule is CC(C)c1cccc(OCCc2nc(C(N)=S)cs2)c1. The Hall–Kier alpha value is -1.46. The van der Waals surface area contributed by atoms with E-state index in [1.165, 1.54) is 5.56 Å². The minimum Gasteiger partial charge on any atom is -0.493 e. The van der Waals surface area contributed by atoms with Crippen molar-refractivity contribution in [2.45, 2.75) is 26.2 Å². The monoisotopic (exact) mass is 306 g/mol. The van der Waals surface area contributed by atoms with E-state index < -0.39 is 0 Å². The van der Waals surface area contributed by atoms with Crippen LogP contribution in [0.15, 0.2) is 29.6 Å². The quantitative estimate of drug-likeness (QED) is 0.830. The highest BCUT2D eigenvalue weighted by Gasteiger charge is 2.05. The molecule has 0 spiro atoms. The lowest BCUT2D eigenvalue weighted by Gasteiger charge is -2.09. The van der Waals surface area contributed by atoms with Crippen molar-refractivity contribution in [3.05, 3.63) is 45.9 Å². The van der Waals surface area contributed by atoms with Gasteiger partial charge in [0.25, 0.3) is 0 Å². The number of thiocarbonyl (C=S) groups is 1. The molecule has 0 saturated heterocycles. The zero-order valence-corrected chi connectivity index (χ0v) is 13.3. The summed E-state index contributed by atoms with van der Waals surface area (Å²) in [5.74, 6) is 1.41. The molecule has 0 unspecified atom stereocenters. The molecule has 0 aliphatic carbocycles. The molecule has 1 heterocycles. The average molecular weight is 306 g/mol. The van der Waals surface area contributed by atoms with E-state index in [-0.39, 0.29) is 0 Å². The van der Waals surface area contributed by atoms with Crippen LogP contribution in [0.3, 0.4) is 0 Å². The summed E-state index contributed by atoms with van der Waals surface area (Å²) in [7, 11) is 0. The summed E-state index contributed by atoms with van der Waals surface area (Å²) in [4.78, 5) is 4.70. The number of thiazole rings is 1. The lowest BCUT2D eigenvalue weighted by atomic mass is 10.0. The van der Waals surface area contributed by atoms with Crippen LogP contribution in [-0.2, 0) is 6.42 Å². The first-order valence-corrected chi connectivity index (χ1v) is 7.82. The zero-order valence-electron chi connectivity index (χ0n) is 11.6. The third kappa shape index (κ3) is 4.02. The van der Waals surface area contributed by atoms with Crippen molar-refractivity contribution in [1.29, 1.82) is 0 Å². The van der Waals surface area contributed by atoms with E-state index in [1.54, 1.807) is 11.3 Å². The van der Waals surface area contributed by atoms with E-state index in [9.17, 15) is 0 Å². The molecule has 0 amide bonds. The van der Waals surface area contributed by atoms with Gasteiger partial charge in [-0.05, 0) is 23.6 Å². The average Bonchev–Trinajstić information content (AvgIpc) is 2.88. The van der Waals surface area contributed by atoms with Crippen LogP contribution in [0.5, 0.6) is 5.75 Å². The van der Waals surface area contributed by atoms with E-state index in [1.807, 2.05) is 17.5 Å². The van der Waals surface area contributed by atoms with Crippen LogP contribution in [0, 0.1) is 0 Å². The fourth-order valence-corrected chi connectivity index (χ4v) is 2.72. The smallest absolute Gasteiger partial charge is 0.123 e. The van der Waals surface area contributed by atoms with Crippen LogP contribution < -0.4 is 10.5 Å². The molecule has 20 heavy (non-hydrogen) atoms. The first-order valence-electron chi connectivity index (χ1n) is 6.53. The Morgan fingerprint density at radius 1 is 1.45 bits per heavy atom. The summed E-state index contributed by atoms with van der Waals surface area (Å²) in [6.45, 7) is 4.95. The molecule has 2 aromatic rings. The molecule has 1 aromatic carbocycles. The van der Waals surface area contributed by atoms with Crippen molar-refractivity contribution < 1.29 is 4.74 Å². The second-order valence-electron chi connectivity index (χ2n) is 4.82. The van der Waals surface area contributed by atoms with Gasteiger partial charge in [0.1, 0.15) is 16.4 Å². The van der Waals surface area contributed by atoms with Gasteiger partial charge in [-0.3, -0.25) is 0 Å². The maximum absolute atomic E-state index is 5.77. The molecule has 2 rings (SSSR count). The summed E-state index contributed by atoms with van der Waals surface area (Å²) in [5, 5.41) is 2.88. The molecule has 0 aliphatic heterocycles. The van der Waals surface area contributed by atoms with E-state index in [4.69, 9.17) is 22.7 Å². The number of nitrogens with zero attached hydrogens (tertiary/aromatic N) is 1. The molecule has 0 atom stereocenters. The second-order valence-corrected chi connectivity index (χ2v) is 6.20. The highest BCUT2D eigenvalue weighted by atomic mass is 32.1. The van der Waals surface area contributed by atoms with Gasteiger partial charge in [0.15, 0.2) is 0 Å². The number of aromatic nitrogens is 1. The fraction of sp³-hybridized carbons (Fsp3) is 0.333. The van der Waals surface area contributed by atoms with Gasteiger partial charge in [-0.1, -0.05) is 38.2 Å². The maximum Gasteiger partial charge on any atom is 0.123 e. The molecule has 2 N–H and O–H groups in total. The van der Waals surface area contributed by atoms with Crippen LogP contribution in [0.2, 0.25) is 0 Å². The largest absolute Gasteiger partial charge is 0.493 e. The Labute approximate surface area is 128 Å². The first-order chi connectivity index (χ1) is 9.56. The topological polar surface area (TPSA) is 48.1 Å². The van der Waals surface area contributed by atoms with Crippen LogP contribution in [0.25, 0.3) is 0 Å². The fourth-order valence-electron chi connectivity index (χ4n) is 1.76. The van der Waals surface area contributed by atoms with E-state index in [2.05, 4.69) is 31.0 Å². The number of benzene rings is 1. The highest BCUT2D eigenvalue weighted by Crippen LogP contribution is 2.20. The third-order valence-electron chi connectivity index (χ3n) is 2.91. The van der Waals surface area contributed by atoms with Crippen molar-refractivity contribution in [3.63, 3.8) is 0 Å². The summed E-state index contributed by atoms with van der Waals surface area (Å²) in [6.07, 6.45) is 0.763. The Bertz CT molecular complexity index is 593. The van der Waals surface area contributed by atoms with Crippen LogP contribution in [0.1, 0.15) is 36.0 Å². The van der Waals surface area contributed by atoms with Gasteiger partial charge in [-0.25, -0.2) is 4.98 Å². The van der Waals surface area contributed by atoms with Gasteiger partial charge in [0, 0.05) is 11.8 Å². The lowest BCUT2D eigenvalue weighted by Crippen LogP contribution is -2.10. The molecular weight excluding hydrogens is 288 g/mol. The van der Waals surface area contributed by atoms with Gasteiger partial charge in [0.05, 0.1) is 11.6 Å². The van der Waals surface area contributed by atoms with Gasteiger partial charge in [-0.2, -0.15) is 0 Å². The van der Waals surface area contributed by atoms with Crippen molar-refractivity contribution >= 4 is 28.5 Å². The maximum atomic E-state index is 5.77.